The van der Waals surface area contributed by atoms with E-state index in [4.69, 9.17) is 4.74 Å². The molecule has 0 aliphatic carbocycles. The molecule has 0 bridgehead atoms. The number of amides is 5. The molecule has 10 heteroatoms. The molecule has 10 nitrogen and oxygen atoms in total. The maximum atomic E-state index is 13.1. The Morgan fingerprint density at radius 3 is 2.16 bits per heavy atom. The van der Waals surface area contributed by atoms with E-state index in [2.05, 4.69) is 10.6 Å². The van der Waals surface area contributed by atoms with Crippen LogP contribution in [0.25, 0.3) is 0 Å². The van der Waals surface area contributed by atoms with Crippen molar-refractivity contribution in [3.63, 3.8) is 0 Å². The number of carbonyl (C=O) groups excluding carboxylic acids is 5. The standard InChI is InChI=1S/C28H24N4O6/c1-16(32-27(36)20-10-6-7-11-21(20)28(32)37)25(34)30-19-12-13-23-22(14-19)31(26(35)17(2)38-23)15-24(33)29-18-8-4-3-5-9-18/h3-14,16-17H,15H2,1-2H3,(H,29,33)(H,30,34). The van der Waals surface area contributed by atoms with Crippen molar-refractivity contribution in [3.05, 3.63) is 83.9 Å². The Balaban J connectivity index is 1.34. The topological polar surface area (TPSA) is 125 Å². The van der Waals surface area contributed by atoms with Crippen LogP contribution in [0.15, 0.2) is 72.8 Å². The van der Waals surface area contributed by atoms with Gasteiger partial charge in [0.2, 0.25) is 11.8 Å². The van der Waals surface area contributed by atoms with Crippen molar-refractivity contribution in [2.24, 2.45) is 0 Å². The van der Waals surface area contributed by atoms with Gasteiger partial charge in [0.1, 0.15) is 18.3 Å². The second-order valence-corrected chi connectivity index (χ2v) is 8.97. The molecular formula is C28H24N4O6. The Bertz CT molecular complexity index is 1440. The number of ether oxygens (including phenoxy) is 1. The summed E-state index contributed by atoms with van der Waals surface area (Å²) in [5.41, 5.74) is 1.70. The summed E-state index contributed by atoms with van der Waals surface area (Å²) in [6, 6.07) is 18.8. The lowest BCUT2D eigenvalue weighted by molar-refractivity contribution is -0.127. The fourth-order valence-electron chi connectivity index (χ4n) is 4.44. The lowest BCUT2D eigenvalue weighted by atomic mass is 10.1. The Hall–Kier alpha value is -4.99. The van der Waals surface area contributed by atoms with Gasteiger partial charge >= 0.3 is 0 Å². The molecule has 38 heavy (non-hydrogen) atoms. The van der Waals surface area contributed by atoms with Gasteiger partial charge in [-0.1, -0.05) is 30.3 Å². The Labute approximate surface area is 218 Å². The lowest BCUT2D eigenvalue weighted by Crippen LogP contribution is -2.47. The first-order valence-electron chi connectivity index (χ1n) is 12.0. The number of benzene rings is 3. The van der Waals surface area contributed by atoms with Gasteiger partial charge in [-0.3, -0.25) is 33.8 Å². The molecular weight excluding hydrogens is 488 g/mol. The first-order chi connectivity index (χ1) is 18.2. The SMILES string of the molecule is CC1Oc2ccc(NC(=O)C(C)N3C(=O)c4ccccc4C3=O)cc2N(CC(=O)Nc2ccccc2)C1=O. The first kappa shape index (κ1) is 24.7. The molecule has 2 aliphatic heterocycles. The van der Waals surface area contributed by atoms with Crippen LogP contribution >= 0.6 is 0 Å². The van der Waals surface area contributed by atoms with Crippen molar-refractivity contribution in [2.45, 2.75) is 26.0 Å². The summed E-state index contributed by atoms with van der Waals surface area (Å²) in [6.45, 7) is 2.79. The van der Waals surface area contributed by atoms with Crippen LogP contribution in [0.1, 0.15) is 34.6 Å². The number of hydrogen-bond donors (Lipinski definition) is 2. The van der Waals surface area contributed by atoms with Crippen LogP contribution in [-0.2, 0) is 14.4 Å². The number of nitrogens with one attached hydrogen (secondary N) is 2. The van der Waals surface area contributed by atoms with Gasteiger partial charge in [0.15, 0.2) is 6.10 Å². The third-order valence-electron chi connectivity index (χ3n) is 6.39. The summed E-state index contributed by atoms with van der Waals surface area (Å²) >= 11 is 0. The van der Waals surface area contributed by atoms with Gasteiger partial charge in [0, 0.05) is 11.4 Å². The maximum Gasteiger partial charge on any atom is 0.268 e. The van der Waals surface area contributed by atoms with Gasteiger partial charge in [-0.05, 0) is 56.3 Å². The van der Waals surface area contributed by atoms with Crippen molar-refractivity contribution in [1.29, 1.82) is 0 Å². The van der Waals surface area contributed by atoms with Crippen LogP contribution in [0.2, 0.25) is 0 Å². The quantitative estimate of drug-likeness (QED) is 0.489. The Morgan fingerprint density at radius 2 is 1.50 bits per heavy atom. The molecule has 192 valence electrons. The average Bonchev–Trinajstić information content (AvgIpc) is 3.17. The Morgan fingerprint density at radius 1 is 0.868 bits per heavy atom. The second-order valence-electron chi connectivity index (χ2n) is 8.97. The zero-order chi connectivity index (χ0) is 27.0. The molecule has 0 aromatic heterocycles. The Kier molecular flexibility index (Phi) is 6.38. The molecule has 2 atom stereocenters. The van der Waals surface area contributed by atoms with Gasteiger partial charge in [-0.25, -0.2) is 0 Å². The molecule has 0 spiro atoms. The number of carbonyl (C=O) groups is 5. The molecule has 0 saturated heterocycles. The third kappa shape index (κ3) is 4.47. The highest BCUT2D eigenvalue weighted by Gasteiger charge is 2.41. The highest BCUT2D eigenvalue weighted by atomic mass is 16.5. The molecule has 5 rings (SSSR count). The number of fused-ring (bicyclic) bond motifs is 2. The number of para-hydroxylation sites is 1. The van der Waals surface area contributed by atoms with Crippen molar-refractivity contribution < 1.29 is 28.7 Å². The van der Waals surface area contributed by atoms with E-state index in [1.165, 1.54) is 17.9 Å². The van der Waals surface area contributed by atoms with E-state index >= 15 is 0 Å². The molecule has 3 aromatic rings. The zero-order valence-electron chi connectivity index (χ0n) is 20.6. The van der Waals surface area contributed by atoms with Gasteiger partial charge < -0.3 is 15.4 Å². The largest absolute Gasteiger partial charge is 0.479 e. The molecule has 2 heterocycles. The average molecular weight is 513 g/mol. The number of anilines is 3. The molecule has 2 aliphatic rings. The van der Waals surface area contributed by atoms with Gasteiger partial charge in [-0.2, -0.15) is 0 Å². The zero-order valence-corrected chi connectivity index (χ0v) is 20.6. The summed E-state index contributed by atoms with van der Waals surface area (Å²) in [7, 11) is 0. The van der Waals surface area contributed by atoms with E-state index in [9.17, 15) is 24.0 Å². The lowest BCUT2D eigenvalue weighted by Gasteiger charge is -2.33. The van der Waals surface area contributed by atoms with Crippen LogP contribution in [0, 0.1) is 0 Å². The molecule has 5 amide bonds. The minimum absolute atomic E-state index is 0.250. The van der Waals surface area contributed by atoms with Crippen molar-refractivity contribution in [2.75, 3.05) is 22.1 Å². The minimum Gasteiger partial charge on any atom is -0.479 e. The van der Waals surface area contributed by atoms with Gasteiger partial charge in [0.25, 0.3) is 17.7 Å². The monoisotopic (exact) mass is 512 g/mol. The summed E-state index contributed by atoms with van der Waals surface area (Å²) in [4.78, 5) is 66.4. The van der Waals surface area contributed by atoms with E-state index in [0.29, 0.717) is 22.8 Å². The van der Waals surface area contributed by atoms with E-state index in [0.717, 1.165) is 4.90 Å². The normalized spacial score (nSPS) is 16.9. The molecule has 2 N–H and O–H groups in total. The van der Waals surface area contributed by atoms with Crippen LogP contribution in [0.5, 0.6) is 5.75 Å². The van der Waals surface area contributed by atoms with E-state index in [-0.39, 0.29) is 17.7 Å². The van der Waals surface area contributed by atoms with Crippen molar-refractivity contribution in [1.82, 2.24) is 4.90 Å². The van der Waals surface area contributed by atoms with E-state index in [1.54, 1.807) is 67.6 Å². The van der Waals surface area contributed by atoms with E-state index < -0.39 is 41.7 Å². The molecule has 0 saturated carbocycles. The number of imide groups is 1. The van der Waals surface area contributed by atoms with Crippen LogP contribution < -0.4 is 20.3 Å². The summed E-state index contributed by atoms with van der Waals surface area (Å²) in [5.74, 6) is -2.12. The highest BCUT2D eigenvalue weighted by Crippen LogP contribution is 2.36. The minimum atomic E-state index is -1.09. The maximum absolute atomic E-state index is 13.1. The predicted octanol–water partition coefficient (Wildman–Crippen LogP) is 3.06. The first-order valence-corrected chi connectivity index (χ1v) is 12.0. The van der Waals surface area contributed by atoms with E-state index in [1.807, 2.05) is 6.07 Å². The second kappa shape index (κ2) is 9.81. The molecule has 0 radical (unpaired) electrons. The fourth-order valence-corrected chi connectivity index (χ4v) is 4.44. The highest BCUT2D eigenvalue weighted by molar-refractivity contribution is 6.23. The van der Waals surface area contributed by atoms with Crippen LogP contribution in [-0.4, -0.2) is 53.1 Å². The number of rotatable bonds is 6. The molecule has 3 aromatic carbocycles. The van der Waals surface area contributed by atoms with Crippen LogP contribution in [0.4, 0.5) is 17.1 Å². The number of hydrogen-bond acceptors (Lipinski definition) is 6. The number of nitrogens with zero attached hydrogens (tertiary/aromatic N) is 2. The van der Waals surface area contributed by atoms with Crippen LogP contribution in [0.3, 0.4) is 0 Å². The van der Waals surface area contributed by atoms with Crippen molar-refractivity contribution in [3.8, 4) is 5.75 Å². The molecule has 2 unspecified atom stereocenters. The summed E-state index contributed by atoms with van der Waals surface area (Å²) in [6.07, 6.45) is -0.804. The van der Waals surface area contributed by atoms with Gasteiger partial charge in [0.05, 0.1) is 16.8 Å². The fraction of sp³-hybridized carbons (Fsp3) is 0.179. The predicted molar refractivity (Wildman–Crippen MR) is 139 cm³/mol. The summed E-state index contributed by atoms with van der Waals surface area (Å²) < 4.78 is 5.69. The van der Waals surface area contributed by atoms with Gasteiger partial charge in [-0.15, -0.1) is 0 Å². The molecule has 0 fully saturated rings. The summed E-state index contributed by atoms with van der Waals surface area (Å²) in [5, 5.41) is 5.45. The third-order valence-corrected chi connectivity index (χ3v) is 6.39. The van der Waals surface area contributed by atoms with Crippen molar-refractivity contribution >= 4 is 46.6 Å². The smallest absolute Gasteiger partial charge is 0.268 e.